The van der Waals surface area contributed by atoms with Crippen molar-refractivity contribution in [2.75, 3.05) is 17.2 Å². The monoisotopic (exact) mass is 598 g/mol. The maximum absolute atomic E-state index is 13.1. The average Bonchev–Trinajstić information content (AvgIpc) is 3.21. The third kappa shape index (κ3) is 5.55. The van der Waals surface area contributed by atoms with E-state index in [-0.39, 0.29) is 44.6 Å². The molecule has 1 saturated heterocycles. The van der Waals surface area contributed by atoms with Crippen LogP contribution in [-0.4, -0.2) is 77.9 Å². The van der Waals surface area contributed by atoms with Crippen LogP contribution in [0.25, 0.3) is 0 Å². The molecule has 2 amide bonds. The number of aliphatic carboxylic acids is 2. The smallest absolute Gasteiger partial charge is 0.352 e. The van der Waals surface area contributed by atoms with Crippen LogP contribution in [0.4, 0.5) is 10.8 Å². The van der Waals surface area contributed by atoms with E-state index in [4.69, 9.17) is 33.0 Å². The zero-order chi connectivity index (χ0) is 28.6. The summed E-state index contributed by atoms with van der Waals surface area (Å²) >= 11 is 8.17. The number of hydrogen-bond donors (Lipinski definition) is 6. The summed E-state index contributed by atoms with van der Waals surface area (Å²) in [5.74, 6) is -4.31. The minimum absolute atomic E-state index is 0.00609. The lowest BCUT2D eigenvalue weighted by Crippen LogP contribution is -2.71. The van der Waals surface area contributed by atoms with Crippen molar-refractivity contribution in [3.8, 4) is 5.75 Å². The Morgan fingerprint density at radius 3 is 2.69 bits per heavy atom. The predicted molar refractivity (Wildman–Crippen MR) is 139 cm³/mol. The number of nitrogens with two attached hydrogens (primary N) is 2. The molecule has 1 fully saturated rings. The van der Waals surface area contributed by atoms with Crippen LogP contribution in [0.1, 0.15) is 12.6 Å². The molecule has 0 radical (unpaired) electrons. The summed E-state index contributed by atoms with van der Waals surface area (Å²) < 4.78 is 1.51. The number of aromatic nitrogens is 2. The molecule has 0 spiro atoms. The van der Waals surface area contributed by atoms with E-state index in [1.807, 2.05) is 0 Å². The van der Waals surface area contributed by atoms with Gasteiger partial charge in [-0.05, 0) is 6.92 Å². The van der Waals surface area contributed by atoms with Gasteiger partial charge < -0.3 is 36.9 Å². The van der Waals surface area contributed by atoms with E-state index >= 15 is 0 Å². The second kappa shape index (κ2) is 11.0. The number of carboxylic acids is 2. The molecule has 2 aromatic rings. The molecule has 4 rings (SSSR count). The first-order valence-electron chi connectivity index (χ1n) is 11.0. The van der Waals surface area contributed by atoms with Gasteiger partial charge in [0, 0.05) is 17.4 Å². The van der Waals surface area contributed by atoms with Crippen LogP contribution in [0.5, 0.6) is 5.75 Å². The molecule has 15 nitrogen and oxygen atoms in total. The fourth-order valence-corrected chi connectivity index (χ4v) is 5.97. The Kier molecular flexibility index (Phi) is 7.84. The number of β-lactam (4-membered cyclic amide) rings is 1. The number of halogens is 1. The third-order valence-corrected chi connectivity index (χ3v) is 8.05. The number of nitrogen functional groups attached to an aromatic ring is 2. The molecule has 4 heterocycles. The molecule has 0 aliphatic carbocycles. The van der Waals surface area contributed by atoms with Crippen molar-refractivity contribution >= 4 is 75.0 Å². The fraction of sp³-hybridized carbons (Fsp3) is 0.286. The fourth-order valence-electron chi connectivity index (χ4n) is 3.70. The summed E-state index contributed by atoms with van der Waals surface area (Å²) in [5.41, 5.74) is 10.9. The Bertz CT molecular complexity index is 1450. The molecule has 8 N–H and O–H groups in total. The first-order valence-corrected chi connectivity index (χ1v) is 13.2. The highest BCUT2D eigenvalue weighted by molar-refractivity contribution is 8.00. The van der Waals surface area contributed by atoms with Gasteiger partial charge in [0.1, 0.15) is 27.1 Å². The predicted octanol–water partition coefficient (Wildman–Crippen LogP) is -0.413. The van der Waals surface area contributed by atoms with Crippen molar-refractivity contribution in [1.29, 1.82) is 0 Å². The third-order valence-electron chi connectivity index (χ3n) is 5.63. The average molecular weight is 599 g/mol. The molecule has 0 bridgehead atoms. The molecule has 206 valence electrons. The lowest BCUT2D eigenvalue weighted by molar-refractivity contribution is -0.689. The van der Waals surface area contributed by atoms with Crippen LogP contribution in [-0.2, 0) is 30.6 Å². The van der Waals surface area contributed by atoms with Crippen molar-refractivity contribution in [2.45, 2.75) is 31.0 Å². The lowest BCUT2D eigenvalue weighted by Gasteiger charge is -2.49. The maximum Gasteiger partial charge on any atom is 0.352 e. The number of nitrogens with zero attached hydrogens (tertiary/aromatic N) is 4. The van der Waals surface area contributed by atoms with Crippen molar-refractivity contribution in [3.63, 3.8) is 0 Å². The number of nitrogens with one attached hydrogen (secondary N) is 1. The van der Waals surface area contributed by atoms with Gasteiger partial charge in [-0.2, -0.15) is 4.57 Å². The summed E-state index contributed by atoms with van der Waals surface area (Å²) in [4.78, 5) is 59.3. The summed E-state index contributed by atoms with van der Waals surface area (Å²) in [7, 11) is 0. The molecule has 2 aromatic heterocycles. The van der Waals surface area contributed by atoms with E-state index in [2.05, 4.69) is 15.5 Å². The molecular weight excluding hydrogens is 578 g/mol. The summed E-state index contributed by atoms with van der Waals surface area (Å²) in [6, 6.07) is 0.320. The highest BCUT2D eigenvalue weighted by Gasteiger charge is 2.55. The molecule has 2 aliphatic heterocycles. The minimum Gasteiger partial charge on any atom is -0.501 e. The normalized spacial score (nSPS) is 19.7. The number of amides is 2. The van der Waals surface area contributed by atoms with E-state index in [1.165, 1.54) is 35.5 Å². The molecule has 2 aliphatic rings. The Morgan fingerprint density at radius 2 is 2.10 bits per heavy atom. The Balaban J connectivity index is 1.56. The number of pyridine rings is 1. The van der Waals surface area contributed by atoms with Crippen LogP contribution in [0.15, 0.2) is 34.9 Å². The van der Waals surface area contributed by atoms with Gasteiger partial charge in [0.15, 0.2) is 23.6 Å². The van der Waals surface area contributed by atoms with Crippen molar-refractivity contribution < 1.29 is 43.9 Å². The molecule has 1 unspecified atom stereocenters. The number of oxime groups is 1. The van der Waals surface area contributed by atoms with Crippen molar-refractivity contribution in [1.82, 2.24) is 15.2 Å². The first-order chi connectivity index (χ1) is 18.4. The summed E-state index contributed by atoms with van der Waals surface area (Å²) in [6.45, 7) is 1.25. The van der Waals surface area contributed by atoms with Crippen LogP contribution < -0.4 is 21.4 Å². The van der Waals surface area contributed by atoms with E-state index < -0.39 is 47.0 Å². The number of fused-ring (bicyclic) bond motifs is 1. The molecule has 39 heavy (non-hydrogen) atoms. The highest BCUT2D eigenvalue weighted by Crippen LogP contribution is 2.40. The first kappa shape index (κ1) is 27.9. The van der Waals surface area contributed by atoms with E-state index in [0.717, 1.165) is 16.2 Å². The highest BCUT2D eigenvalue weighted by atomic mass is 35.5. The van der Waals surface area contributed by atoms with Crippen LogP contribution in [0.2, 0.25) is 4.34 Å². The Morgan fingerprint density at radius 1 is 1.38 bits per heavy atom. The molecule has 18 heteroatoms. The van der Waals surface area contributed by atoms with Gasteiger partial charge >= 0.3 is 11.9 Å². The van der Waals surface area contributed by atoms with E-state index in [9.17, 15) is 29.4 Å². The lowest BCUT2D eigenvalue weighted by atomic mass is 10.0. The number of carboxylic acid groups (broad SMARTS) is 2. The number of carbonyl (C=O) groups excluding carboxylic acids is 2. The maximum atomic E-state index is 13.1. The van der Waals surface area contributed by atoms with Crippen LogP contribution in [0.3, 0.4) is 0 Å². The SMILES string of the molecule is C[C@H](O/N=C(\C(=O)NC1C(=O)N2C(C(=O)O)=C(C[n+]3ccc(N)c(O)c3)CS[C@H]12)c1nc(N)sc1Cl)C(=O)O. The van der Waals surface area contributed by atoms with Gasteiger partial charge in [-0.1, -0.05) is 28.1 Å². The van der Waals surface area contributed by atoms with Crippen molar-refractivity contribution in [3.05, 3.63) is 39.8 Å². The summed E-state index contributed by atoms with van der Waals surface area (Å²) in [6.07, 6.45) is 1.48. The minimum atomic E-state index is -1.42. The van der Waals surface area contributed by atoms with Gasteiger partial charge in [0.25, 0.3) is 11.8 Å². The van der Waals surface area contributed by atoms with E-state index in [0.29, 0.717) is 5.57 Å². The second-order valence-electron chi connectivity index (χ2n) is 8.28. The standard InChI is InChI=1S/C21H20ClN7O8S2/c1-7(19(33)34)37-27-12(11-15(22)39-21(24)26-11)16(31)25-13-17(32)29-14(20(35)36)8(6-38-18(13)29)4-28-3-2-9(23)10(30)5-28/h2-3,5,7,13,18,23H,4,6H2,1H3,(H6,24,25,26,30,31,33,34,35,36)/p+1/b27-12-/t7-,13?,18+/m0/s1. The number of anilines is 2. The van der Waals surface area contributed by atoms with Gasteiger partial charge in [0.2, 0.25) is 18.1 Å². The quantitative estimate of drug-likeness (QED) is 0.0934. The molecule has 3 atom stereocenters. The molecule has 0 saturated carbocycles. The number of aromatic hydroxyl groups is 1. The van der Waals surface area contributed by atoms with Crippen molar-refractivity contribution in [2.24, 2.45) is 5.16 Å². The van der Waals surface area contributed by atoms with Crippen LogP contribution >= 0.6 is 34.7 Å². The zero-order valence-corrected chi connectivity index (χ0v) is 22.3. The second-order valence-corrected chi connectivity index (χ2v) is 11.0. The number of rotatable bonds is 9. The number of thiazole rings is 1. The molecular formula is C21H21ClN7O8S2+. The Hall–Kier alpha value is -4.09. The van der Waals surface area contributed by atoms with Gasteiger partial charge in [-0.15, -0.1) is 11.8 Å². The Labute approximate surface area is 232 Å². The summed E-state index contributed by atoms with van der Waals surface area (Å²) in [5, 5.41) is 34.1. The largest absolute Gasteiger partial charge is 0.501 e. The number of carbonyl (C=O) groups is 4. The number of hydrogen-bond acceptors (Lipinski definition) is 12. The van der Waals surface area contributed by atoms with Gasteiger partial charge in [0.05, 0.1) is 5.69 Å². The van der Waals surface area contributed by atoms with E-state index in [1.54, 1.807) is 6.20 Å². The van der Waals surface area contributed by atoms with Crippen LogP contribution in [0, 0.1) is 0 Å². The number of thioether (sulfide) groups is 1. The van der Waals surface area contributed by atoms with Gasteiger partial charge in [-0.3, -0.25) is 14.5 Å². The molecule has 0 aromatic carbocycles. The topological polar surface area (TPSA) is 235 Å². The van der Waals surface area contributed by atoms with Gasteiger partial charge in [-0.25, -0.2) is 14.6 Å². The zero-order valence-electron chi connectivity index (χ0n) is 19.9.